The lowest BCUT2D eigenvalue weighted by molar-refractivity contribution is -0.126. The summed E-state index contributed by atoms with van der Waals surface area (Å²) in [5, 5.41) is 16.5. The first kappa shape index (κ1) is 15.3. The number of hydrogen-bond acceptors (Lipinski definition) is 4. The van der Waals surface area contributed by atoms with Crippen molar-refractivity contribution in [1.82, 2.24) is 10.2 Å². The molecule has 1 aliphatic rings. The lowest BCUT2D eigenvalue weighted by atomic mass is 10.1. The van der Waals surface area contributed by atoms with Gasteiger partial charge in [-0.2, -0.15) is 11.3 Å². The van der Waals surface area contributed by atoms with Crippen LogP contribution >= 0.6 is 11.3 Å². The highest BCUT2D eigenvalue weighted by molar-refractivity contribution is 7.08. The van der Waals surface area contributed by atoms with Crippen LogP contribution in [0.5, 0.6) is 0 Å². The number of aliphatic hydroxyl groups excluding tert-OH is 1. The smallest absolute Gasteiger partial charge is 0.289 e. The fraction of sp³-hybridized carbons (Fsp3) is 0.176. The fourth-order valence-corrected chi connectivity index (χ4v) is 3.12. The highest BCUT2D eigenvalue weighted by atomic mass is 32.1. The number of nitrogens with zero attached hydrogens (tertiary/aromatic N) is 1. The number of rotatable bonds is 4. The molecule has 2 heterocycles. The van der Waals surface area contributed by atoms with Crippen LogP contribution in [0.1, 0.15) is 5.56 Å². The summed E-state index contributed by atoms with van der Waals surface area (Å²) in [5.41, 5.74) is 3.31. The van der Waals surface area contributed by atoms with Gasteiger partial charge in [0.25, 0.3) is 11.8 Å². The van der Waals surface area contributed by atoms with E-state index < -0.39 is 17.6 Å². The zero-order chi connectivity index (χ0) is 16.4. The SMILES string of the molecule is CN1CC(C(=O)NCc2cccc(-c3ccsc3)c2)=C(O)C1=O. The molecule has 5 nitrogen and oxygen atoms in total. The Morgan fingerprint density at radius 2 is 2.17 bits per heavy atom. The summed E-state index contributed by atoms with van der Waals surface area (Å²) in [6.07, 6.45) is 0. The molecule has 0 saturated heterocycles. The van der Waals surface area contributed by atoms with E-state index in [2.05, 4.69) is 10.7 Å². The molecule has 23 heavy (non-hydrogen) atoms. The van der Waals surface area contributed by atoms with Gasteiger partial charge in [-0.15, -0.1) is 0 Å². The monoisotopic (exact) mass is 328 g/mol. The average molecular weight is 328 g/mol. The number of nitrogens with one attached hydrogen (secondary N) is 1. The third-order valence-corrected chi connectivity index (χ3v) is 4.42. The lowest BCUT2D eigenvalue weighted by Gasteiger charge is -2.09. The summed E-state index contributed by atoms with van der Waals surface area (Å²) in [6.45, 7) is 0.469. The largest absolute Gasteiger partial charge is 0.503 e. The zero-order valence-electron chi connectivity index (χ0n) is 12.6. The maximum atomic E-state index is 12.1. The van der Waals surface area contributed by atoms with Crippen molar-refractivity contribution < 1.29 is 14.7 Å². The average Bonchev–Trinajstić information content (AvgIpc) is 3.18. The molecule has 0 bridgehead atoms. The molecule has 0 atom stereocenters. The van der Waals surface area contributed by atoms with Crippen molar-refractivity contribution in [3.8, 4) is 11.1 Å². The van der Waals surface area contributed by atoms with E-state index in [9.17, 15) is 14.7 Å². The van der Waals surface area contributed by atoms with Crippen LogP contribution in [0.15, 0.2) is 52.4 Å². The first-order valence-corrected chi connectivity index (χ1v) is 8.08. The second kappa shape index (κ2) is 6.26. The Labute approximate surface area is 137 Å². The first-order chi connectivity index (χ1) is 11.1. The van der Waals surface area contributed by atoms with Crippen molar-refractivity contribution in [1.29, 1.82) is 0 Å². The molecule has 3 rings (SSSR count). The van der Waals surface area contributed by atoms with Gasteiger partial charge in [-0.05, 0) is 39.6 Å². The number of benzene rings is 1. The third kappa shape index (κ3) is 3.12. The Bertz CT molecular complexity index is 781. The maximum absolute atomic E-state index is 12.1. The fourth-order valence-electron chi connectivity index (χ4n) is 2.45. The van der Waals surface area contributed by atoms with Crippen LogP contribution in [-0.2, 0) is 16.1 Å². The van der Waals surface area contributed by atoms with Gasteiger partial charge in [0.05, 0.1) is 12.1 Å². The van der Waals surface area contributed by atoms with Crippen molar-refractivity contribution in [2.45, 2.75) is 6.54 Å². The second-order valence-electron chi connectivity index (χ2n) is 5.38. The van der Waals surface area contributed by atoms with E-state index in [1.165, 1.54) is 4.90 Å². The van der Waals surface area contributed by atoms with E-state index in [4.69, 9.17) is 0 Å². The summed E-state index contributed by atoms with van der Waals surface area (Å²) < 4.78 is 0. The second-order valence-corrected chi connectivity index (χ2v) is 6.16. The van der Waals surface area contributed by atoms with E-state index >= 15 is 0 Å². The van der Waals surface area contributed by atoms with Gasteiger partial charge in [0.2, 0.25) is 0 Å². The van der Waals surface area contributed by atoms with E-state index in [1.54, 1.807) is 18.4 Å². The molecule has 2 N–H and O–H groups in total. The van der Waals surface area contributed by atoms with E-state index in [0.717, 1.165) is 16.7 Å². The molecule has 0 radical (unpaired) electrons. The summed E-state index contributed by atoms with van der Waals surface area (Å²) in [6, 6.07) is 9.95. The molecule has 0 aliphatic carbocycles. The Balaban J connectivity index is 1.68. The van der Waals surface area contributed by atoms with Crippen molar-refractivity contribution in [3.05, 3.63) is 58.0 Å². The van der Waals surface area contributed by atoms with Gasteiger partial charge < -0.3 is 15.3 Å². The molecular formula is C17H16N2O3S. The number of hydrogen-bond donors (Lipinski definition) is 2. The lowest BCUT2D eigenvalue weighted by Crippen LogP contribution is -2.27. The zero-order valence-corrected chi connectivity index (χ0v) is 13.4. The summed E-state index contributed by atoms with van der Waals surface area (Å²) in [5.74, 6) is -1.40. The highest BCUT2D eigenvalue weighted by Crippen LogP contribution is 2.23. The minimum Gasteiger partial charge on any atom is -0.503 e. The van der Waals surface area contributed by atoms with Gasteiger partial charge in [0.1, 0.15) is 0 Å². The Morgan fingerprint density at radius 1 is 1.35 bits per heavy atom. The quantitative estimate of drug-likeness (QED) is 0.905. The van der Waals surface area contributed by atoms with Gasteiger partial charge in [-0.3, -0.25) is 9.59 Å². The predicted octanol–water partition coefficient (Wildman–Crippen LogP) is 2.32. The molecule has 0 unspecified atom stereocenters. The molecule has 0 saturated carbocycles. The van der Waals surface area contributed by atoms with Gasteiger partial charge in [0.15, 0.2) is 5.76 Å². The molecule has 1 aliphatic heterocycles. The first-order valence-electron chi connectivity index (χ1n) is 7.13. The molecule has 1 aromatic heterocycles. The Morgan fingerprint density at radius 3 is 2.83 bits per heavy atom. The van der Waals surface area contributed by atoms with E-state index in [-0.39, 0.29) is 12.1 Å². The highest BCUT2D eigenvalue weighted by Gasteiger charge is 2.31. The maximum Gasteiger partial charge on any atom is 0.289 e. The van der Waals surface area contributed by atoms with Crippen molar-refractivity contribution in [2.75, 3.05) is 13.6 Å². The Hall–Kier alpha value is -2.60. The molecule has 1 aromatic carbocycles. The van der Waals surface area contributed by atoms with E-state index in [0.29, 0.717) is 6.54 Å². The number of thiophene rings is 1. The van der Waals surface area contributed by atoms with Gasteiger partial charge in [-0.25, -0.2) is 0 Å². The summed E-state index contributed by atoms with van der Waals surface area (Å²) in [7, 11) is 1.54. The molecule has 2 aromatic rings. The number of amides is 2. The van der Waals surface area contributed by atoms with Gasteiger partial charge in [-0.1, -0.05) is 18.2 Å². The van der Waals surface area contributed by atoms with Crippen LogP contribution in [-0.4, -0.2) is 35.4 Å². The molecule has 118 valence electrons. The van der Waals surface area contributed by atoms with E-state index in [1.807, 2.05) is 35.7 Å². The molecule has 0 fully saturated rings. The number of carbonyl (C=O) groups is 2. The van der Waals surface area contributed by atoms with Crippen LogP contribution in [0.4, 0.5) is 0 Å². The van der Waals surface area contributed by atoms with Crippen LogP contribution in [0.25, 0.3) is 11.1 Å². The summed E-state index contributed by atoms with van der Waals surface area (Å²) in [4.78, 5) is 24.9. The molecule has 2 amide bonds. The third-order valence-electron chi connectivity index (χ3n) is 3.74. The number of aliphatic hydroxyl groups is 1. The molecule has 6 heteroatoms. The van der Waals surface area contributed by atoms with Crippen LogP contribution < -0.4 is 5.32 Å². The Kier molecular flexibility index (Phi) is 4.16. The normalized spacial score (nSPS) is 14.5. The summed E-state index contributed by atoms with van der Waals surface area (Å²) >= 11 is 1.64. The molecular weight excluding hydrogens is 312 g/mol. The van der Waals surface area contributed by atoms with Crippen LogP contribution in [0.2, 0.25) is 0 Å². The van der Waals surface area contributed by atoms with Crippen molar-refractivity contribution in [2.24, 2.45) is 0 Å². The van der Waals surface area contributed by atoms with Crippen LogP contribution in [0.3, 0.4) is 0 Å². The predicted molar refractivity (Wildman–Crippen MR) is 88.9 cm³/mol. The van der Waals surface area contributed by atoms with Gasteiger partial charge >= 0.3 is 0 Å². The van der Waals surface area contributed by atoms with Crippen LogP contribution in [0, 0.1) is 0 Å². The minimum atomic E-state index is -0.519. The van der Waals surface area contributed by atoms with Crippen molar-refractivity contribution in [3.63, 3.8) is 0 Å². The minimum absolute atomic E-state index is 0.117. The number of likely N-dealkylation sites (N-methyl/N-ethyl adjacent to an activating group) is 1. The van der Waals surface area contributed by atoms with Crippen molar-refractivity contribution >= 4 is 23.2 Å². The number of carbonyl (C=O) groups excluding carboxylic acids is 2. The molecule has 0 spiro atoms. The van der Waals surface area contributed by atoms with Gasteiger partial charge in [0, 0.05) is 13.6 Å². The topological polar surface area (TPSA) is 69.6 Å². The standard InChI is InChI=1S/C17H16N2O3S/c1-19-9-14(15(20)17(19)22)16(21)18-8-11-3-2-4-12(7-11)13-5-6-23-10-13/h2-7,10,20H,8-9H2,1H3,(H,18,21).